The number of rotatable bonds is 12. The molecule has 0 spiro atoms. The number of hydrogen-bond donors (Lipinski definition) is 8. The molecule has 37 heteroatoms. The quantitative estimate of drug-likeness (QED) is 0.0380. The average molecular weight is 1080 g/mol. The Morgan fingerprint density at radius 2 is 0.800 bits per heavy atom. The highest BCUT2D eigenvalue weighted by Crippen LogP contribution is 2.32. The van der Waals surface area contributed by atoms with Crippen molar-refractivity contribution < 1.29 is 92.9 Å². The van der Waals surface area contributed by atoms with E-state index in [1.165, 1.54) is 9.79 Å². The molecule has 0 amide bonds. The molecule has 328 valence electrons. The lowest BCUT2D eigenvalue weighted by molar-refractivity contribution is 0.368. The van der Waals surface area contributed by atoms with Crippen molar-refractivity contribution in [2.45, 2.75) is 20.0 Å². The van der Waals surface area contributed by atoms with E-state index in [4.69, 9.17) is 39.1 Å². The zero-order valence-corrected chi connectivity index (χ0v) is 41.0. The SMILES string of the molecule is CSc1ccccn1.CSc1cccnc1.CSc1ccncc1.CSc1ncccn1.O=[P+](O)O[P+](=O)O.O=[P+](O)O[P+](=O)O.O=[P+](O)O[P+](=O)O.O=[P+](O)O[P+](=O)O. The van der Waals surface area contributed by atoms with E-state index < -0.39 is 66.0 Å². The van der Waals surface area contributed by atoms with Crippen LogP contribution in [0.15, 0.2) is 112 Å². The summed E-state index contributed by atoms with van der Waals surface area (Å²) in [6.45, 7) is 0. The molecule has 0 radical (unpaired) electrons. The summed E-state index contributed by atoms with van der Waals surface area (Å²) in [6, 6.07) is 15.7. The fourth-order valence-electron chi connectivity index (χ4n) is 2.04. The molecule has 8 unspecified atom stereocenters. The van der Waals surface area contributed by atoms with Crippen molar-refractivity contribution in [3.05, 3.63) is 91.9 Å². The number of aromatic nitrogens is 5. The maximum absolute atomic E-state index is 9.39. The monoisotopic (exact) mass is 1080 g/mol. The predicted octanol–water partition coefficient (Wildman–Crippen LogP) is 7.82. The van der Waals surface area contributed by atoms with Gasteiger partial charge in [-0.15, -0.1) is 74.4 Å². The van der Waals surface area contributed by atoms with Crippen LogP contribution in [0.1, 0.15) is 0 Å². The number of hydrogen-bond acceptors (Lipinski definition) is 21. The van der Waals surface area contributed by atoms with Gasteiger partial charge in [0.05, 0.1) is 5.03 Å². The van der Waals surface area contributed by atoms with Crippen LogP contribution in [0.25, 0.3) is 0 Å². The van der Waals surface area contributed by atoms with Gasteiger partial charge in [0.2, 0.25) is 0 Å². The molecule has 0 saturated heterocycles. The molecule has 4 aromatic heterocycles. The zero-order chi connectivity index (χ0) is 46.7. The van der Waals surface area contributed by atoms with Crippen molar-refractivity contribution in [3.63, 3.8) is 0 Å². The molecule has 8 N–H and O–H groups in total. The summed E-state index contributed by atoms with van der Waals surface area (Å²) in [5.41, 5.74) is 0. The predicted molar refractivity (Wildman–Crippen MR) is 225 cm³/mol. The topological polar surface area (TPSA) is 400 Å². The van der Waals surface area contributed by atoms with Crippen molar-refractivity contribution in [1.82, 2.24) is 24.9 Å². The lowest BCUT2D eigenvalue weighted by Gasteiger charge is -1.88. The normalized spacial score (nSPS) is 11.1. The van der Waals surface area contributed by atoms with Gasteiger partial charge < -0.3 is 0 Å². The second-order valence-corrected chi connectivity index (χ2v) is 17.4. The van der Waals surface area contributed by atoms with Gasteiger partial charge in [-0.05, 0) is 67.5 Å². The Labute approximate surface area is 366 Å². The van der Waals surface area contributed by atoms with Crippen LogP contribution in [-0.2, 0) is 53.8 Å². The van der Waals surface area contributed by atoms with Gasteiger partial charge in [0, 0.05) is 89.7 Å². The van der Waals surface area contributed by atoms with Crippen LogP contribution >= 0.6 is 113 Å². The minimum absolute atomic E-state index is 0.826. The fraction of sp³-hybridized carbons (Fsp3) is 0.174. The van der Waals surface area contributed by atoms with Crippen molar-refractivity contribution in [3.8, 4) is 0 Å². The van der Waals surface area contributed by atoms with Crippen molar-refractivity contribution >= 4 is 113 Å². The Bertz CT molecular complexity index is 1510. The first-order valence-corrected chi connectivity index (χ1v) is 27.8. The Morgan fingerprint density at radius 3 is 1.00 bits per heavy atom. The maximum Gasteiger partial charge on any atom is 0.745 e. The number of thioether (sulfide) groups is 4. The maximum atomic E-state index is 9.39. The van der Waals surface area contributed by atoms with Gasteiger partial charge in [-0.1, -0.05) is 17.8 Å². The van der Waals surface area contributed by atoms with Crippen LogP contribution in [-0.4, -0.2) is 89.1 Å². The van der Waals surface area contributed by atoms with E-state index in [9.17, 15) is 36.5 Å². The number of nitrogens with zero attached hydrogens (tertiary/aromatic N) is 5. The van der Waals surface area contributed by atoms with Gasteiger partial charge in [0.15, 0.2) is 22.4 Å². The summed E-state index contributed by atoms with van der Waals surface area (Å²) in [6.07, 6.45) is 20.6. The van der Waals surface area contributed by atoms with Crippen molar-refractivity contribution in [2.24, 2.45) is 0 Å². The first-order valence-electron chi connectivity index (χ1n) is 13.9. The molecular formula is C23H35N5O20P8S4+8. The van der Waals surface area contributed by atoms with E-state index in [0.29, 0.717) is 0 Å². The summed E-state index contributed by atoms with van der Waals surface area (Å²) >= 11 is 6.64. The minimum atomic E-state index is -2.92. The van der Waals surface area contributed by atoms with Gasteiger partial charge in [-0.3, -0.25) is 9.97 Å². The second-order valence-electron chi connectivity index (χ2n) is 7.62. The van der Waals surface area contributed by atoms with Crippen molar-refractivity contribution in [2.75, 3.05) is 25.0 Å². The van der Waals surface area contributed by atoms with E-state index in [1.54, 1.807) is 90.3 Å². The van der Waals surface area contributed by atoms with Gasteiger partial charge in [0.1, 0.15) is 0 Å². The zero-order valence-electron chi connectivity index (χ0n) is 30.6. The van der Waals surface area contributed by atoms with Crippen LogP contribution < -0.4 is 0 Å². The van der Waals surface area contributed by atoms with E-state index >= 15 is 0 Å². The summed E-state index contributed by atoms with van der Waals surface area (Å²) in [5, 5.41) is 1.90. The molecular weight excluding hydrogens is 1040 g/mol. The van der Waals surface area contributed by atoms with E-state index in [1.807, 2.05) is 67.4 Å². The molecule has 4 aromatic rings. The first-order chi connectivity index (χ1) is 28.2. The molecule has 0 aromatic carbocycles. The highest BCUT2D eigenvalue weighted by Gasteiger charge is 2.33. The third-order valence-corrected chi connectivity index (χ3v) is 11.0. The van der Waals surface area contributed by atoms with Gasteiger partial charge in [-0.2, -0.15) is 0 Å². The van der Waals surface area contributed by atoms with E-state index in [0.717, 1.165) is 10.2 Å². The third-order valence-electron chi connectivity index (χ3n) is 3.89. The Balaban J connectivity index is -0.000000299. The summed E-state index contributed by atoms with van der Waals surface area (Å²) < 4.78 is 88.7. The molecule has 25 nitrogen and oxygen atoms in total. The van der Waals surface area contributed by atoms with Crippen LogP contribution in [0.5, 0.6) is 0 Å². The molecule has 0 saturated carbocycles. The van der Waals surface area contributed by atoms with Crippen molar-refractivity contribution in [1.29, 1.82) is 0 Å². The molecule has 0 aliphatic rings. The standard InChI is InChI=1S/3C6H7NS.C5H6N2S.4O5P2/c1-8-6-2-4-7-5-3-6;1-8-6-3-2-4-7-5-6;1-8-6-4-2-3-5-7-6;1-8-5-6-3-2-4-7-5;4*1-6(2)5-7(3)4/h3*2-5H,1H3;2-4H,1H3;;;;/p+8. The highest BCUT2D eigenvalue weighted by molar-refractivity contribution is 7.99. The smallest absolute Gasteiger partial charge is 0.265 e. The molecule has 0 bridgehead atoms. The summed E-state index contributed by atoms with van der Waals surface area (Å²) in [4.78, 5) is 83.6. The van der Waals surface area contributed by atoms with Crippen LogP contribution in [0.2, 0.25) is 0 Å². The van der Waals surface area contributed by atoms with Gasteiger partial charge >= 0.3 is 66.0 Å². The highest BCUT2D eigenvalue weighted by atomic mass is 32.2. The fourth-order valence-corrected chi connectivity index (χ4v) is 5.44. The molecule has 8 atom stereocenters. The molecule has 0 aliphatic heterocycles. The largest absolute Gasteiger partial charge is 0.745 e. The average Bonchev–Trinajstić information content (AvgIpc) is 3.19. The van der Waals surface area contributed by atoms with E-state index in [-0.39, 0.29) is 0 Å². The molecule has 4 rings (SSSR count). The summed E-state index contributed by atoms with van der Waals surface area (Å²) in [5.74, 6) is 0. The first kappa shape index (κ1) is 64.9. The lowest BCUT2D eigenvalue weighted by atomic mass is 10.5. The molecule has 0 aliphatic carbocycles. The lowest BCUT2D eigenvalue weighted by Crippen LogP contribution is -1.79. The molecule has 60 heavy (non-hydrogen) atoms. The molecule has 0 fully saturated rings. The second kappa shape index (κ2) is 46.7. The Morgan fingerprint density at radius 1 is 0.400 bits per heavy atom. The van der Waals surface area contributed by atoms with Gasteiger partial charge in [-0.25, -0.2) is 15.0 Å². The van der Waals surface area contributed by atoms with Crippen LogP contribution in [0.3, 0.4) is 0 Å². The summed E-state index contributed by atoms with van der Waals surface area (Å²) in [7, 11) is -23.4. The minimum Gasteiger partial charge on any atom is -0.265 e. The van der Waals surface area contributed by atoms with Gasteiger partial charge in [0.25, 0.3) is 0 Å². The van der Waals surface area contributed by atoms with E-state index in [2.05, 4.69) is 48.4 Å². The number of pyridine rings is 3. The van der Waals surface area contributed by atoms with Crippen LogP contribution in [0.4, 0.5) is 0 Å². The Hall–Kier alpha value is -1.75. The Kier molecular flexibility index (Phi) is 50.5. The van der Waals surface area contributed by atoms with Crippen LogP contribution in [0, 0.1) is 0 Å². The molecule has 4 heterocycles. The third kappa shape index (κ3) is 58.3.